The third kappa shape index (κ3) is 1.40. The van der Waals surface area contributed by atoms with Gasteiger partial charge in [0.05, 0.1) is 28.8 Å². The Morgan fingerprint density at radius 3 is 2.27 bits per heavy atom. The number of aliphatic hydroxyl groups excluding tert-OH is 3. The van der Waals surface area contributed by atoms with E-state index in [4.69, 9.17) is 18.9 Å². The maximum absolute atomic E-state index is 13.3. The van der Waals surface area contributed by atoms with Crippen LogP contribution in [-0.4, -0.2) is 75.6 Å². The monoisotopic (exact) mass is 424 g/mol. The third-order valence-corrected chi connectivity index (χ3v) is 8.76. The number of esters is 3. The highest BCUT2D eigenvalue weighted by molar-refractivity contribution is 5.92. The molecule has 4 aliphatic heterocycles. The minimum Gasteiger partial charge on any atom is -0.459 e. The van der Waals surface area contributed by atoms with Crippen LogP contribution in [0.25, 0.3) is 0 Å². The van der Waals surface area contributed by atoms with Crippen molar-refractivity contribution in [3.05, 3.63) is 0 Å². The van der Waals surface area contributed by atoms with Crippen LogP contribution in [0.2, 0.25) is 0 Å². The molecule has 0 radical (unpaired) electrons. The molecule has 6 fully saturated rings. The van der Waals surface area contributed by atoms with Crippen molar-refractivity contribution in [1.82, 2.24) is 0 Å². The van der Waals surface area contributed by atoms with Gasteiger partial charge in [-0.25, -0.2) is 9.59 Å². The lowest BCUT2D eigenvalue weighted by Crippen LogP contribution is -2.63. The van der Waals surface area contributed by atoms with Crippen LogP contribution in [0.1, 0.15) is 27.7 Å². The first-order valence-corrected chi connectivity index (χ1v) is 10.2. The lowest BCUT2D eigenvalue weighted by Gasteiger charge is -2.47. The van der Waals surface area contributed by atoms with Crippen molar-refractivity contribution in [3.63, 3.8) is 0 Å². The molecule has 4 saturated heterocycles. The van der Waals surface area contributed by atoms with Crippen molar-refractivity contribution in [3.8, 4) is 0 Å². The van der Waals surface area contributed by atoms with Crippen molar-refractivity contribution in [2.24, 2.45) is 34.0 Å². The lowest BCUT2D eigenvalue weighted by molar-refractivity contribution is -0.208. The first kappa shape index (κ1) is 19.0. The quantitative estimate of drug-likeness (QED) is 0.309. The van der Waals surface area contributed by atoms with Crippen LogP contribution < -0.4 is 0 Å². The van der Waals surface area contributed by atoms with Gasteiger partial charge < -0.3 is 34.3 Å². The maximum Gasteiger partial charge on any atom is 0.340 e. The van der Waals surface area contributed by atoms with Gasteiger partial charge in [-0.05, 0) is 5.41 Å². The SMILES string of the molecule is C[C@@H]1C(=O)O[C@H]2C(O)C34C5OC(=O)[C@]3(O[C@@H]3OC(=O)C(O)C34C(C(C)(C)C)[C@H]5O)[C@@H]12. The summed E-state index contributed by atoms with van der Waals surface area (Å²) >= 11 is 0. The van der Waals surface area contributed by atoms with E-state index in [2.05, 4.69) is 0 Å². The number of carbonyl (C=O) groups excluding carboxylic acids is 3. The smallest absolute Gasteiger partial charge is 0.340 e. The van der Waals surface area contributed by atoms with Crippen molar-refractivity contribution in [2.75, 3.05) is 0 Å². The van der Waals surface area contributed by atoms with E-state index in [1.807, 2.05) is 20.8 Å². The van der Waals surface area contributed by atoms with Gasteiger partial charge in [-0.2, -0.15) is 0 Å². The molecule has 0 aromatic carbocycles. The number of ether oxygens (including phenoxy) is 4. The summed E-state index contributed by atoms with van der Waals surface area (Å²) in [6.45, 7) is 7.05. The predicted molar refractivity (Wildman–Crippen MR) is 91.9 cm³/mol. The summed E-state index contributed by atoms with van der Waals surface area (Å²) in [7, 11) is 0. The van der Waals surface area contributed by atoms with Gasteiger partial charge in [0.25, 0.3) is 0 Å². The lowest BCUT2D eigenvalue weighted by atomic mass is 9.51. The Morgan fingerprint density at radius 2 is 1.63 bits per heavy atom. The Bertz CT molecular complexity index is 910. The Morgan fingerprint density at radius 1 is 0.967 bits per heavy atom. The van der Waals surface area contributed by atoms with Gasteiger partial charge in [0, 0.05) is 5.92 Å². The minimum absolute atomic E-state index is 0.581. The molecule has 0 bridgehead atoms. The number of aliphatic hydroxyl groups is 3. The average molecular weight is 424 g/mol. The van der Waals surface area contributed by atoms with Crippen molar-refractivity contribution in [2.45, 2.75) is 70.1 Å². The highest BCUT2D eigenvalue weighted by Gasteiger charge is 3.01. The number of rotatable bonds is 0. The molecule has 6 aliphatic rings. The van der Waals surface area contributed by atoms with Gasteiger partial charge in [0.1, 0.15) is 18.3 Å². The zero-order valence-electron chi connectivity index (χ0n) is 16.9. The van der Waals surface area contributed by atoms with E-state index < -0.39 is 94.3 Å². The highest BCUT2D eigenvalue weighted by Crippen LogP contribution is 2.83. The van der Waals surface area contributed by atoms with Gasteiger partial charge in [0.15, 0.2) is 11.7 Å². The molecule has 3 N–H and O–H groups in total. The largest absolute Gasteiger partial charge is 0.459 e. The van der Waals surface area contributed by atoms with Gasteiger partial charge >= 0.3 is 17.9 Å². The first-order valence-electron chi connectivity index (χ1n) is 10.2. The number of hydrogen-bond donors (Lipinski definition) is 3. The number of hydrogen-bond acceptors (Lipinski definition) is 10. The van der Waals surface area contributed by atoms with E-state index in [1.165, 1.54) is 0 Å². The van der Waals surface area contributed by atoms with Crippen LogP contribution in [0, 0.1) is 34.0 Å². The van der Waals surface area contributed by atoms with Crippen molar-refractivity contribution >= 4 is 17.9 Å². The summed E-state index contributed by atoms with van der Waals surface area (Å²) in [5.41, 5.74) is -5.96. The molecule has 10 heteroatoms. The maximum atomic E-state index is 13.3. The van der Waals surface area contributed by atoms with Crippen LogP contribution >= 0.6 is 0 Å². The molecule has 12 atom stereocenters. The van der Waals surface area contributed by atoms with E-state index in [1.54, 1.807) is 6.92 Å². The van der Waals surface area contributed by atoms with E-state index >= 15 is 0 Å². The standard InChI is InChI=1S/C20H24O10/c1-5-6-8(27-13(5)24)10(22)19-12-7(21)9(17(2,3)4)18(19)11(23)14(25)29-16(18)30-20(6,19)15(26)28-12/h5-12,16,21-23H,1-4H3/t5-,6-,7+,8+,9?,10?,11?,12?,16-,18?,19?,20+/m0/s1. The zero-order valence-corrected chi connectivity index (χ0v) is 16.9. The topological polar surface area (TPSA) is 149 Å². The van der Waals surface area contributed by atoms with E-state index in [9.17, 15) is 29.7 Å². The summed E-state index contributed by atoms with van der Waals surface area (Å²) in [5.74, 6) is -4.90. The fraction of sp³-hybridized carbons (Fsp3) is 0.850. The fourth-order valence-electron chi connectivity index (χ4n) is 8.28. The minimum atomic E-state index is -1.89. The Kier molecular flexibility index (Phi) is 3.06. The second-order valence-corrected chi connectivity index (χ2v) is 10.6. The number of carbonyl (C=O) groups is 3. The Balaban J connectivity index is 1.71. The second-order valence-electron chi connectivity index (χ2n) is 10.6. The van der Waals surface area contributed by atoms with Crippen molar-refractivity contribution < 1.29 is 48.7 Å². The summed E-state index contributed by atoms with van der Waals surface area (Å²) < 4.78 is 22.7. The zero-order chi connectivity index (χ0) is 21.8. The molecule has 2 aliphatic carbocycles. The number of fused-ring (bicyclic) bond motifs is 1. The van der Waals surface area contributed by atoms with E-state index in [0.717, 1.165) is 0 Å². The third-order valence-electron chi connectivity index (χ3n) is 8.76. The van der Waals surface area contributed by atoms with Crippen LogP contribution in [0.4, 0.5) is 0 Å². The van der Waals surface area contributed by atoms with Crippen LogP contribution in [-0.2, 0) is 33.3 Å². The highest BCUT2D eigenvalue weighted by atomic mass is 16.7. The van der Waals surface area contributed by atoms with Crippen LogP contribution in [0.5, 0.6) is 0 Å². The molecule has 0 amide bonds. The predicted octanol–water partition coefficient (Wildman–Crippen LogP) is -1.51. The summed E-state index contributed by atoms with van der Waals surface area (Å²) in [4.78, 5) is 38.2. The molecule has 6 rings (SSSR count). The first-order chi connectivity index (χ1) is 13.9. The summed E-state index contributed by atoms with van der Waals surface area (Å²) in [6.07, 6.45) is -8.29. The van der Waals surface area contributed by atoms with Gasteiger partial charge in [-0.1, -0.05) is 27.7 Å². The molecule has 10 nitrogen and oxygen atoms in total. The Labute approximate surface area is 171 Å². The molecule has 30 heavy (non-hydrogen) atoms. The summed E-state index contributed by atoms with van der Waals surface area (Å²) in [6, 6.07) is 0. The van der Waals surface area contributed by atoms with Crippen molar-refractivity contribution in [1.29, 1.82) is 0 Å². The molecular formula is C20H24O10. The van der Waals surface area contributed by atoms with E-state index in [-0.39, 0.29) is 0 Å². The van der Waals surface area contributed by atoms with Crippen LogP contribution in [0.3, 0.4) is 0 Å². The van der Waals surface area contributed by atoms with Gasteiger partial charge in [0.2, 0.25) is 6.29 Å². The molecule has 2 saturated carbocycles. The molecular weight excluding hydrogens is 400 g/mol. The molecule has 4 heterocycles. The molecule has 0 aromatic heterocycles. The molecule has 164 valence electrons. The van der Waals surface area contributed by atoms with E-state index in [0.29, 0.717) is 0 Å². The molecule has 0 aromatic rings. The van der Waals surface area contributed by atoms with Gasteiger partial charge in [-0.15, -0.1) is 0 Å². The normalized spacial score (nSPS) is 60.1. The average Bonchev–Trinajstić information content (AvgIpc) is 3.34. The second kappa shape index (κ2) is 4.85. The fourth-order valence-corrected chi connectivity index (χ4v) is 8.28. The van der Waals surface area contributed by atoms with Crippen LogP contribution in [0.15, 0.2) is 0 Å². The van der Waals surface area contributed by atoms with Gasteiger partial charge in [-0.3, -0.25) is 4.79 Å². The molecule has 2 spiro atoms. The molecule has 6 unspecified atom stereocenters. The Hall–Kier alpha value is -1.75. The summed E-state index contributed by atoms with van der Waals surface area (Å²) in [5, 5.41) is 34.2.